The minimum atomic E-state index is 0.664. The Hall–Kier alpha value is -1.68. The second-order valence-electron chi connectivity index (χ2n) is 4.85. The monoisotopic (exact) mass is 244 g/mol. The zero-order valence-electron chi connectivity index (χ0n) is 11.0. The molecule has 0 amide bonds. The average molecular weight is 244 g/mol. The zero-order chi connectivity index (χ0) is 12.8. The van der Waals surface area contributed by atoms with Gasteiger partial charge in [0, 0.05) is 18.9 Å². The summed E-state index contributed by atoms with van der Waals surface area (Å²) in [5, 5.41) is 7.59. The minimum absolute atomic E-state index is 0.664. The first-order valence-electron chi connectivity index (χ1n) is 6.37. The molecule has 2 heterocycles. The molecule has 18 heavy (non-hydrogen) atoms. The van der Waals surface area contributed by atoms with Gasteiger partial charge < -0.3 is 5.32 Å². The lowest BCUT2D eigenvalue weighted by Gasteiger charge is -2.08. The minimum Gasteiger partial charge on any atom is -0.311 e. The molecule has 0 bridgehead atoms. The van der Waals surface area contributed by atoms with Crippen LogP contribution in [0.4, 0.5) is 0 Å². The van der Waals surface area contributed by atoms with Crippen molar-refractivity contribution in [3.8, 4) is 0 Å². The summed E-state index contributed by atoms with van der Waals surface area (Å²) in [6.45, 7) is 6.98. The van der Waals surface area contributed by atoms with Crippen molar-refractivity contribution in [3.63, 3.8) is 0 Å². The fourth-order valence-electron chi connectivity index (χ4n) is 1.76. The lowest BCUT2D eigenvalue weighted by atomic mass is 10.2. The maximum atomic E-state index is 4.62. The van der Waals surface area contributed by atoms with E-state index in [1.54, 1.807) is 6.20 Å². The van der Waals surface area contributed by atoms with Crippen LogP contribution in [0.2, 0.25) is 0 Å². The summed E-state index contributed by atoms with van der Waals surface area (Å²) >= 11 is 0. The third-order valence-electron chi connectivity index (χ3n) is 2.61. The summed E-state index contributed by atoms with van der Waals surface area (Å²) in [4.78, 5) is 4.62. The average Bonchev–Trinajstić information content (AvgIpc) is 2.82. The van der Waals surface area contributed by atoms with E-state index in [0.717, 1.165) is 31.0 Å². The predicted octanol–water partition coefficient (Wildman–Crippen LogP) is 2.07. The Morgan fingerprint density at radius 1 is 1.22 bits per heavy atom. The van der Waals surface area contributed by atoms with Crippen LogP contribution < -0.4 is 5.32 Å². The zero-order valence-corrected chi connectivity index (χ0v) is 11.0. The lowest BCUT2D eigenvalue weighted by molar-refractivity contribution is 0.546. The van der Waals surface area contributed by atoms with E-state index >= 15 is 0 Å². The van der Waals surface area contributed by atoms with Crippen LogP contribution in [-0.2, 0) is 13.1 Å². The highest BCUT2D eigenvalue weighted by Gasteiger charge is 2.00. The van der Waals surface area contributed by atoms with E-state index in [-0.39, 0.29) is 0 Å². The molecule has 0 aliphatic carbocycles. The smallest absolute Gasteiger partial charge is 0.0831 e. The molecule has 0 saturated heterocycles. The van der Waals surface area contributed by atoms with Gasteiger partial charge in [0.15, 0.2) is 0 Å². The van der Waals surface area contributed by atoms with Gasteiger partial charge in [-0.25, -0.2) is 0 Å². The van der Waals surface area contributed by atoms with Crippen molar-refractivity contribution in [3.05, 3.63) is 48.0 Å². The van der Waals surface area contributed by atoms with Crippen LogP contribution >= 0.6 is 0 Å². The molecule has 0 spiro atoms. The summed E-state index contributed by atoms with van der Waals surface area (Å²) < 4.78 is 1.88. The van der Waals surface area contributed by atoms with E-state index < -0.39 is 0 Å². The molecule has 4 heteroatoms. The first kappa shape index (κ1) is 12.8. The molecular formula is C14H20N4. The highest BCUT2D eigenvalue weighted by atomic mass is 15.3. The second kappa shape index (κ2) is 6.31. The molecule has 2 rings (SSSR count). The van der Waals surface area contributed by atoms with Crippen molar-refractivity contribution in [2.45, 2.75) is 26.9 Å². The Morgan fingerprint density at radius 3 is 2.78 bits per heavy atom. The molecule has 1 N–H and O–H groups in total. The summed E-state index contributed by atoms with van der Waals surface area (Å²) in [6, 6.07) is 8.07. The number of hydrogen-bond acceptors (Lipinski definition) is 3. The van der Waals surface area contributed by atoms with Crippen LogP contribution in [0.25, 0.3) is 0 Å². The molecule has 0 unspecified atom stereocenters. The molecule has 0 aromatic carbocycles. The number of pyridine rings is 1. The third-order valence-corrected chi connectivity index (χ3v) is 2.61. The first-order chi connectivity index (χ1) is 8.74. The predicted molar refractivity (Wildman–Crippen MR) is 72.1 cm³/mol. The molecule has 4 nitrogen and oxygen atoms in total. The van der Waals surface area contributed by atoms with E-state index in [2.05, 4.69) is 41.4 Å². The Labute approximate surface area is 108 Å². The Bertz CT molecular complexity index is 462. The van der Waals surface area contributed by atoms with Crippen molar-refractivity contribution >= 4 is 0 Å². The molecule has 0 radical (unpaired) electrons. The van der Waals surface area contributed by atoms with Crippen molar-refractivity contribution in [2.75, 3.05) is 6.54 Å². The van der Waals surface area contributed by atoms with Crippen LogP contribution in [0, 0.1) is 5.92 Å². The third kappa shape index (κ3) is 3.96. The SMILES string of the molecule is CC(C)CNCc1cccc(Cn2cccn2)n1. The highest BCUT2D eigenvalue weighted by Crippen LogP contribution is 2.02. The number of nitrogens with zero attached hydrogens (tertiary/aromatic N) is 3. The Balaban J connectivity index is 1.92. The van der Waals surface area contributed by atoms with Gasteiger partial charge in [-0.15, -0.1) is 0 Å². The number of aromatic nitrogens is 3. The highest BCUT2D eigenvalue weighted by molar-refractivity contribution is 5.11. The summed E-state index contributed by atoms with van der Waals surface area (Å²) in [6.07, 6.45) is 3.74. The number of rotatable bonds is 6. The fraction of sp³-hybridized carbons (Fsp3) is 0.429. The quantitative estimate of drug-likeness (QED) is 0.846. The van der Waals surface area contributed by atoms with Gasteiger partial charge in [0.05, 0.1) is 17.9 Å². The fourth-order valence-corrected chi connectivity index (χ4v) is 1.76. The van der Waals surface area contributed by atoms with Crippen LogP contribution in [0.1, 0.15) is 25.2 Å². The van der Waals surface area contributed by atoms with Crippen molar-refractivity contribution in [1.82, 2.24) is 20.1 Å². The normalized spacial score (nSPS) is 11.1. The lowest BCUT2D eigenvalue weighted by Crippen LogP contribution is -2.20. The molecule has 0 fully saturated rings. The molecular weight excluding hydrogens is 224 g/mol. The van der Waals surface area contributed by atoms with Gasteiger partial charge >= 0.3 is 0 Å². The van der Waals surface area contributed by atoms with E-state index in [1.165, 1.54) is 0 Å². The molecule has 0 saturated carbocycles. The van der Waals surface area contributed by atoms with Crippen molar-refractivity contribution in [1.29, 1.82) is 0 Å². The van der Waals surface area contributed by atoms with Gasteiger partial charge in [0.1, 0.15) is 0 Å². The van der Waals surface area contributed by atoms with Crippen molar-refractivity contribution in [2.24, 2.45) is 5.92 Å². The summed E-state index contributed by atoms with van der Waals surface area (Å²) in [5.74, 6) is 0.664. The van der Waals surface area contributed by atoms with Gasteiger partial charge in [-0.05, 0) is 30.7 Å². The first-order valence-corrected chi connectivity index (χ1v) is 6.37. The van der Waals surface area contributed by atoms with E-state index in [1.807, 2.05) is 23.0 Å². The molecule has 0 aliphatic rings. The molecule has 0 aliphatic heterocycles. The van der Waals surface area contributed by atoms with E-state index in [4.69, 9.17) is 0 Å². The Kier molecular flexibility index (Phi) is 4.47. The van der Waals surface area contributed by atoms with Crippen LogP contribution in [0.5, 0.6) is 0 Å². The van der Waals surface area contributed by atoms with E-state index in [9.17, 15) is 0 Å². The molecule has 96 valence electrons. The standard InChI is InChI=1S/C14H20N4/c1-12(2)9-15-10-13-5-3-6-14(17-13)11-18-8-4-7-16-18/h3-8,12,15H,9-11H2,1-2H3. The van der Waals surface area contributed by atoms with E-state index in [0.29, 0.717) is 5.92 Å². The summed E-state index contributed by atoms with van der Waals surface area (Å²) in [7, 11) is 0. The van der Waals surface area contributed by atoms with Gasteiger partial charge in [-0.3, -0.25) is 9.67 Å². The number of hydrogen-bond donors (Lipinski definition) is 1. The molecule has 2 aromatic rings. The van der Waals surface area contributed by atoms with Crippen LogP contribution in [0.3, 0.4) is 0 Å². The maximum absolute atomic E-state index is 4.62. The number of nitrogens with one attached hydrogen (secondary N) is 1. The molecule has 0 atom stereocenters. The summed E-state index contributed by atoms with van der Waals surface area (Å²) in [5.41, 5.74) is 2.13. The maximum Gasteiger partial charge on any atom is 0.0831 e. The van der Waals surface area contributed by atoms with Crippen LogP contribution in [-0.4, -0.2) is 21.3 Å². The van der Waals surface area contributed by atoms with Gasteiger partial charge in [-0.1, -0.05) is 19.9 Å². The van der Waals surface area contributed by atoms with Crippen molar-refractivity contribution < 1.29 is 0 Å². The second-order valence-corrected chi connectivity index (χ2v) is 4.85. The Morgan fingerprint density at radius 2 is 2.06 bits per heavy atom. The van der Waals surface area contributed by atoms with Crippen LogP contribution in [0.15, 0.2) is 36.7 Å². The van der Waals surface area contributed by atoms with Gasteiger partial charge in [-0.2, -0.15) is 5.10 Å². The largest absolute Gasteiger partial charge is 0.311 e. The van der Waals surface area contributed by atoms with Gasteiger partial charge in [0.2, 0.25) is 0 Å². The van der Waals surface area contributed by atoms with Gasteiger partial charge in [0.25, 0.3) is 0 Å². The molecule has 2 aromatic heterocycles. The topological polar surface area (TPSA) is 42.7 Å².